The summed E-state index contributed by atoms with van der Waals surface area (Å²) in [4.78, 5) is 37.1. The third-order valence-electron chi connectivity index (χ3n) is 11.4. The Kier molecular flexibility index (Phi) is 40.4. The van der Waals surface area contributed by atoms with Gasteiger partial charge in [-0.15, -0.1) is 0 Å². The predicted molar refractivity (Wildman–Crippen MR) is 243 cm³/mol. The number of carbonyl (C=O) groups excluding carboxylic acids is 2. The van der Waals surface area contributed by atoms with Gasteiger partial charge in [0.15, 0.2) is 12.1 Å². The van der Waals surface area contributed by atoms with Crippen LogP contribution in [0.3, 0.4) is 0 Å². The largest absolute Gasteiger partial charge is 0.477 e. The lowest BCUT2D eigenvalue weighted by molar-refractivity contribution is -0.887. The van der Waals surface area contributed by atoms with Crippen molar-refractivity contribution >= 4 is 17.9 Å². The van der Waals surface area contributed by atoms with Gasteiger partial charge in [-0.25, -0.2) is 4.79 Å². The molecule has 0 saturated carbocycles. The average Bonchev–Trinajstić information content (AvgIpc) is 3.18. The first-order valence-electron chi connectivity index (χ1n) is 24.7. The lowest BCUT2D eigenvalue weighted by Crippen LogP contribution is -2.50. The molecule has 1 N–H and O–H groups in total. The van der Waals surface area contributed by atoms with E-state index in [1.165, 1.54) is 167 Å². The van der Waals surface area contributed by atoms with Crippen LogP contribution in [-0.4, -0.2) is 80.6 Å². The van der Waals surface area contributed by atoms with Crippen molar-refractivity contribution in [3.63, 3.8) is 0 Å². The lowest BCUT2D eigenvalue weighted by atomic mass is 10.0. The van der Waals surface area contributed by atoms with E-state index < -0.39 is 18.1 Å². The Morgan fingerprint density at radius 3 is 1.26 bits per heavy atom. The van der Waals surface area contributed by atoms with Gasteiger partial charge in [0, 0.05) is 19.3 Å². The van der Waals surface area contributed by atoms with Crippen LogP contribution in [0.25, 0.3) is 0 Å². The number of ether oxygens (including phenoxy) is 3. The van der Waals surface area contributed by atoms with Gasteiger partial charge in [0.1, 0.15) is 6.61 Å². The highest BCUT2D eigenvalue weighted by Crippen LogP contribution is 2.16. The second-order valence-corrected chi connectivity index (χ2v) is 18.1. The molecule has 8 nitrogen and oxygen atoms in total. The molecule has 0 heterocycles. The smallest absolute Gasteiger partial charge is 0.362 e. The molecule has 0 aromatic carbocycles. The molecule has 0 radical (unpaired) electrons. The van der Waals surface area contributed by atoms with Crippen molar-refractivity contribution in [3.8, 4) is 0 Å². The summed E-state index contributed by atoms with van der Waals surface area (Å²) in [5, 5.41) is 9.64. The van der Waals surface area contributed by atoms with Crippen LogP contribution in [0, 0.1) is 0 Å². The Balaban J connectivity index is 4.23. The molecule has 0 aliphatic carbocycles. The van der Waals surface area contributed by atoms with Gasteiger partial charge in [-0.2, -0.15) is 0 Å². The number of hydrogen-bond donors (Lipinski definition) is 1. The van der Waals surface area contributed by atoms with E-state index in [9.17, 15) is 19.5 Å². The van der Waals surface area contributed by atoms with E-state index in [2.05, 4.69) is 26.0 Å². The van der Waals surface area contributed by atoms with Crippen molar-refractivity contribution in [3.05, 3.63) is 12.2 Å². The van der Waals surface area contributed by atoms with Gasteiger partial charge in [-0.1, -0.05) is 193 Å². The minimum absolute atomic E-state index is 0.0470. The Bertz CT molecular complexity index is 962. The molecule has 0 rings (SSSR count). The topological polar surface area (TPSA) is 99.1 Å². The van der Waals surface area contributed by atoms with Crippen LogP contribution in [0.5, 0.6) is 0 Å². The van der Waals surface area contributed by atoms with Gasteiger partial charge in [0.25, 0.3) is 0 Å². The first-order valence-corrected chi connectivity index (χ1v) is 24.7. The maximum atomic E-state index is 12.8. The summed E-state index contributed by atoms with van der Waals surface area (Å²) in [5.74, 6) is -1.45. The molecule has 2 atom stereocenters. The zero-order valence-corrected chi connectivity index (χ0v) is 39.0. The zero-order valence-electron chi connectivity index (χ0n) is 39.0. The van der Waals surface area contributed by atoms with Crippen LogP contribution in [0.4, 0.5) is 0 Å². The molecule has 8 heteroatoms. The zero-order chi connectivity index (χ0) is 42.8. The van der Waals surface area contributed by atoms with Crippen LogP contribution in [-0.2, 0) is 28.6 Å². The second kappa shape index (κ2) is 41.8. The lowest BCUT2D eigenvalue weighted by Gasteiger charge is -2.31. The molecule has 2 unspecified atom stereocenters. The van der Waals surface area contributed by atoms with Crippen LogP contribution in [0.1, 0.15) is 239 Å². The molecule has 0 amide bonds. The molecule has 0 saturated heterocycles. The normalized spacial score (nSPS) is 12.9. The maximum Gasteiger partial charge on any atom is 0.362 e. The number of nitrogens with zero attached hydrogens (tertiary/aromatic N) is 1. The minimum atomic E-state index is -0.871. The summed E-state index contributed by atoms with van der Waals surface area (Å²) in [5.41, 5.74) is 0. The van der Waals surface area contributed by atoms with Gasteiger partial charge in [0.2, 0.25) is 0 Å². The van der Waals surface area contributed by atoms with Crippen molar-refractivity contribution in [2.24, 2.45) is 0 Å². The first kappa shape index (κ1) is 56.1. The fourth-order valence-corrected chi connectivity index (χ4v) is 7.56. The van der Waals surface area contributed by atoms with Crippen molar-refractivity contribution in [2.45, 2.75) is 251 Å². The SMILES string of the molecule is CCCCCC/C=C/CCCCCCCCCC(=O)OCC(COCCC(C(=O)O)[N+](C)(C)C)OC(=O)CCCCCCCCCCCCCCCCCCCCC. The Morgan fingerprint density at radius 2 is 0.862 bits per heavy atom. The monoisotopic (exact) mass is 823 g/mol. The summed E-state index contributed by atoms with van der Waals surface area (Å²) < 4.78 is 17.3. The molecule has 0 spiro atoms. The highest BCUT2D eigenvalue weighted by atomic mass is 16.6. The van der Waals surface area contributed by atoms with E-state index >= 15 is 0 Å². The molecule has 0 fully saturated rings. The number of unbranched alkanes of at least 4 members (excludes halogenated alkanes) is 29. The summed E-state index contributed by atoms with van der Waals surface area (Å²) in [6.45, 7) is 4.76. The Hall–Kier alpha value is -1.93. The number of rotatable bonds is 45. The van der Waals surface area contributed by atoms with E-state index in [-0.39, 0.29) is 36.2 Å². The summed E-state index contributed by atoms with van der Waals surface area (Å²) in [6, 6.07) is -0.611. The molecule has 0 bridgehead atoms. The number of allylic oxidation sites excluding steroid dienone is 2. The van der Waals surface area contributed by atoms with Gasteiger partial charge in [-0.3, -0.25) is 9.59 Å². The summed E-state index contributed by atoms with van der Waals surface area (Å²) >= 11 is 0. The number of carbonyl (C=O) groups is 3. The fraction of sp³-hybridized carbons (Fsp3) is 0.900. The quantitative estimate of drug-likeness (QED) is 0.0283. The van der Waals surface area contributed by atoms with Gasteiger partial charge < -0.3 is 23.8 Å². The van der Waals surface area contributed by atoms with E-state index in [1.807, 2.05) is 21.1 Å². The van der Waals surface area contributed by atoms with Crippen molar-refractivity contribution < 1.29 is 38.2 Å². The number of carboxylic acid groups (broad SMARTS) is 1. The van der Waals surface area contributed by atoms with Crippen LogP contribution < -0.4 is 0 Å². The molecular formula is C50H96NO7+. The van der Waals surface area contributed by atoms with Crippen LogP contribution in [0.2, 0.25) is 0 Å². The highest BCUT2D eigenvalue weighted by molar-refractivity contribution is 5.72. The van der Waals surface area contributed by atoms with Crippen LogP contribution in [0.15, 0.2) is 12.2 Å². The van der Waals surface area contributed by atoms with Crippen molar-refractivity contribution in [1.29, 1.82) is 0 Å². The van der Waals surface area contributed by atoms with E-state index in [0.29, 0.717) is 19.3 Å². The van der Waals surface area contributed by atoms with E-state index in [0.717, 1.165) is 38.5 Å². The molecular weight excluding hydrogens is 727 g/mol. The number of likely N-dealkylation sites (N-methyl/N-ethyl adjacent to an activating group) is 1. The number of aliphatic carboxylic acids is 1. The summed E-state index contributed by atoms with van der Waals surface area (Å²) in [6.07, 6.45) is 45.4. The number of quaternary nitrogens is 1. The molecule has 0 aromatic heterocycles. The van der Waals surface area contributed by atoms with Crippen molar-refractivity contribution in [2.75, 3.05) is 41.0 Å². The Labute approximate surface area is 359 Å². The first-order chi connectivity index (χ1) is 28.1. The molecule has 58 heavy (non-hydrogen) atoms. The maximum absolute atomic E-state index is 12.8. The minimum Gasteiger partial charge on any atom is -0.477 e. The van der Waals surface area contributed by atoms with Crippen LogP contribution >= 0.6 is 0 Å². The third-order valence-corrected chi connectivity index (χ3v) is 11.4. The van der Waals surface area contributed by atoms with E-state index in [1.54, 1.807) is 0 Å². The van der Waals surface area contributed by atoms with Gasteiger partial charge in [-0.05, 0) is 38.5 Å². The average molecular weight is 823 g/mol. The highest BCUT2D eigenvalue weighted by Gasteiger charge is 2.31. The van der Waals surface area contributed by atoms with Crippen molar-refractivity contribution in [1.82, 2.24) is 0 Å². The van der Waals surface area contributed by atoms with Gasteiger partial charge in [0.05, 0.1) is 34.4 Å². The third kappa shape index (κ3) is 39.5. The van der Waals surface area contributed by atoms with E-state index in [4.69, 9.17) is 14.2 Å². The summed E-state index contributed by atoms with van der Waals surface area (Å²) in [7, 11) is 5.54. The molecule has 0 aliphatic rings. The number of hydrogen-bond acceptors (Lipinski definition) is 6. The fourth-order valence-electron chi connectivity index (χ4n) is 7.56. The number of carboxylic acids is 1. The molecule has 0 aliphatic heterocycles. The molecule has 342 valence electrons. The Morgan fingerprint density at radius 1 is 0.500 bits per heavy atom. The number of esters is 2. The predicted octanol–water partition coefficient (Wildman–Crippen LogP) is 13.9. The van der Waals surface area contributed by atoms with Gasteiger partial charge >= 0.3 is 17.9 Å². The molecule has 0 aromatic rings. The second-order valence-electron chi connectivity index (χ2n) is 18.1. The standard InChI is InChI=1S/C50H95NO7/c1-6-8-10-12-14-16-18-20-22-23-24-25-27-29-31-33-35-37-39-41-49(53)58-46(44-56-43-42-47(50(54)55)51(3,4)5)45-57-48(52)40-38-36-34-32-30-28-26-21-19-17-15-13-11-9-7-2/h17,19,46-47H,6-16,18,20-45H2,1-5H3/p+1/b19-17+.